The summed E-state index contributed by atoms with van der Waals surface area (Å²) in [6.07, 6.45) is 0. The molecule has 9 heteroatoms. The number of nitro groups is 1. The molecule has 2 aromatic rings. The van der Waals surface area contributed by atoms with E-state index in [1.54, 1.807) is 17.0 Å². The molecule has 8 nitrogen and oxygen atoms in total. The van der Waals surface area contributed by atoms with E-state index in [2.05, 4.69) is 4.90 Å². The van der Waals surface area contributed by atoms with Gasteiger partial charge in [-0.1, -0.05) is 12.1 Å². The van der Waals surface area contributed by atoms with Crippen molar-refractivity contribution in [3.05, 3.63) is 64.0 Å². The lowest BCUT2D eigenvalue weighted by atomic mass is 10.1. The van der Waals surface area contributed by atoms with E-state index in [1.165, 1.54) is 37.4 Å². The smallest absolute Gasteiger partial charge is 0.273 e. The van der Waals surface area contributed by atoms with Crippen molar-refractivity contribution in [2.45, 2.75) is 32.5 Å². The molecule has 1 amide bonds. The first-order valence-electron chi connectivity index (χ1n) is 10.0. The Morgan fingerprint density at radius 2 is 1.84 bits per heavy atom. The van der Waals surface area contributed by atoms with Crippen LogP contribution in [0.2, 0.25) is 0 Å². The Balaban J connectivity index is 1.61. The van der Waals surface area contributed by atoms with Gasteiger partial charge in [0.15, 0.2) is 18.1 Å². The van der Waals surface area contributed by atoms with Crippen LogP contribution >= 0.6 is 0 Å². The molecule has 31 heavy (non-hydrogen) atoms. The summed E-state index contributed by atoms with van der Waals surface area (Å²) in [6, 6.07) is 10.5. The van der Waals surface area contributed by atoms with Crippen molar-refractivity contribution < 1.29 is 23.6 Å². The number of nitro benzene ring substituents is 1. The second kappa shape index (κ2) is 9.74. The lowest BCUT2D eigenvalue weighted by molar-refractivity contribution is -0.385. The quantitative estimate of drug-likeness (QED) is 0.494. The molecule has 0 saturated carbocycles. The van der Waals surface area contributed by atoms with Crippen molar-refractivity contribution >= 4 is 11.6 Å². The summed E-state index contributed by atoms with van der Waals surface area (Å²) in [5, 5.41) is 11.0. The van der Waals surface area contributed by atoms with Crippen LogP contribution in [0.25, 0.3) is 0 Å². The minimum atomic E-state index is -0.530. The Morgan fingerprint density at radius 3 is 2.48 bits per heavy atom. The number of piperazine rings is 1. The molecule has 0 aromatic heterocycles. The molecule has 166 valence electrons. The summed E-state index contributed by atoms with van der Waals surface area (Å²) in [7, 11) is 1.43. The number of rotatable bonds is 7. The van der Waals surface area contributed by atoms with Crippen molar-refractivity contribution in [2.24, 2.45) is 0 Å². The molecule has 0 bridgehead atoms. The maximum Gasteiger partial charge on any atom is 0.273 e. The van der Waals surface area contributed by atoms with Gasteiger partial charge >= 0.3 is 0 Å². The second-order valence-electron chi connectivity index (χ2n) is 7.68. The third-order valence-electron chi connectivity index (χ3n) is 5.44. The van der Waals surface area contributed by atoms with E-state index in [0.29, 0.717) is 25.4 Å². The zero-order chi connectivity index (χ0) is 22.5. The Bertz CT molecular complexity index is 937. The van der Waals surface area contributed by atoms with Gasteiger partial charge in [0.05, 0.1) is 18.1 Å². The number of nitrogens with zero attached hydrogens (tertiary/aromatic N) is 3. The standard InChI is InChI=1S/C22H26FN3O5/c1-15-12-25(16(2)11-24(15)13-17-4-6-18(23)7-5-17)22(27)14-31-21-10-19(26(28)29)8-9-20(21)30-3/h4-10,15-16H,11-14H2,1-3H3/t15-,16+/m0/s1. The van der Waals surface area contributed by atoms with Gasteiger partial charge in [0, 0.05) is 37.8 Å². The maximum atomic E-state index is 13.1. The van der Waals surface area contributed by atoms with Gasteiger partial charge in [-0.2, -0.15) is 0 Å². The highest BCUT2D eigenvalue weighted by atomic mass is 19.1. The fourth-order valence-electron chi connectivity index (χ4n) is 3.70. The molecule has 0 unspecified atom stereocenters. The molecule has 2 aromatic carbocycles. The lowest BCUT2D eigenvalue weighted by Crippen LogP contribution is -2.58. The van der Waals surface area contributed by atoms with Crippen LogP contribution < -0.4 is 9.47 Å². The first-order chi connectivity index (χ1) is 14.8. The van der Waals surface area contributed by atoms with Gasteiger partial charge in [-0.3, -0.25) is 19.8 Å². The molecule has 1 heterocycles. The molecule has 1 aliphatic rings. The Kier molecular flexibility index (Phi) is 7.06. The fourth-order valence-corrected chi connectivity index (χ4v) is 3.70. The van der Waals surface area contributed by atoms with Gasteiger partial charge in [-0.25, -0.2) is 4.39 Å². The van der Waals surface area contributed by atoms with E-state index in [9.17, 15) is 19.3 Å². The highest BCUT2D eigenvalue weighted by molar-refractivity contribution is 5.78. The van der Waals surface area contributed by atoms with E-state index in [4.69, 9.17) is 9.47 Å². The van der Waals surface area contributed by atoms with Crippen molar-refractivity contribution in [3.8, 4) is 11.5 Å². The third-order valence-corrected chi connectivity index (χ3v) is 5.44. The Hall–Kier alpha value is -3.20. The van der Waals surface area contributed by atoms with Gasteiger partial charge in [0.1, 0.15) is 5.82 Å². The summed E-state index contributed by atoms with van der Waals surface area (Å²) >= 11 is 0. The molecular weight excluding hydrogens is 405 g/mol. The SMILES string of the molecule is COc1ccc([N+](=O)[O-])cc1OCC(=O)N1C[C@H](C)N(Cc2ccc(F)cc2)C[C@H]1C. The van der Waals surface area contributed by atoms with Crippen molar-refractivity contribution in [1.29, 1.82) is 0 Å². The van der Waals surface area contributed by atoms with Crippen LogP contribution in [0.5, 0.6) is 11.5 Å². The van der Waals surface area contributed by atoms with Crippen molar-refractivity contribution in [1.82, 2.24) is 9.80 Å². The van der Waals surface area contributed by atoms with Crippen molar-refractivity contribution in [3.63, 3.8) is 0 Å². The molecule has 2 atom stereocenters. The molecule has 0 N–H and O–H groups in total. The summed E-state index contributed by atoms with van der Waals surface area (Å²) in [4.78, 5) is 27.3. The number of carbonyl (C=O) groups excluding carboxylic acids is 1. The van der Waals surface area contributed by atoms with Gasteiger partial charge in [-0.15, -0.1) is 0 Å². The molecule has 0 radical (unpaired) electrons. The Morgan fingerprint density at radius 1 is 1.13 bits per heavy atom. The summed E-state index contributed by atoms with van der Waals surface area (Å²) in [5.74, 6) is 0.0138. The molecule has 1 saturated heterocycles. The number of methoxy groups -OCH3 is 1. The molecule has 0 aliphatic carbocycles. The number of non-ortho nitro benzene ring substituents is 1. The van der Waals surface area contributed by atoms with Crippen molar-refractivity contribution in [2.75, 3.05) is 26.8 Å². The normalized spacial score (nSPS) is 19.2. The zero-order valence-electron chi connectivity index (χ0n) is 17.8. The topological polar surface area (TPSA) is 85.2 Å². The molecule has 1 aliphatic heterocycles. The summed E-state index contributed by atoms with van der Waals surface area (Å²) < 4.78 is 23.9. The third kappa shape index (κ3) is 5.49. The first kappa shape index (κ1) is 22.5. The number of carbonyl (C=O) groups is 1. The van der Waals surface area contributed by atoms with Crippen LogP contribution in [-0.2, 0) is 11.3 Å². The number of halogens is 1. The molecular formula is C22H26FN3O5. The first-order valence-corrected chi connectivity index (χ1v) is 10.0. The van der Waals surface area contributed by atoms with Gasteiger partial charge in [0.25, 0.3) is 11.6 Å². The number of hydrogen-bond acceptors (Lipinski definition) is 6. The number of hydrogen-bond donors (Lipinski definition) is 0. The van der Waals surface area contributed by atoms with E-state index >= 15 is 0 Å². The molecule has 0 spiro atoms. The van der Waals surface area contributed by atoms with Gasteiger partial charge in [-0.05, 0) is 37.6 Å². The van der Waals surface area contributed by atoms with E-state index in [0.717, 1.165) is 5.56 Å². The van der Waals surface area contributed by atoms with Crippen LogP contribution in [0.3, 0.4) is 0 Å². The second-order valence-corrected chi connectivity index (χ2v) is 7.68. The largest absolute Gasteiger partial charge is 0.493 e. The van der Waals surface area contributed by atoms with E-state index in [1.807, 2.05) is 13.8 Å². The molecule has 3 rings (SSSR count). The van der Waals surface area contributed by atoms with Crippen LogP contribution in [-0.4, -0.2) is 59.5 Å². The molecule has 1 fully saturated rings. The summed E-state index contributed by atoms with van der Waals surface area (Å²) in [5.41, 5.74) is 0.876. The minimum absolute atomic E-state index is 0.0419. The number of benzene rings is 2. The predicted molar refractivity (Wildman–Crippen MR) is 113 cm³/mol. The fraction of sp³-hybridized carbons (Fsp3) is 0.409. The monoisotopic (exact) mass is 431 g/mol. The maximum absolute atomic E-state index is 13.1. The van der Waals surface area contributed by atoms with Crippen LogP contribution in [0.4, 0.5) is 10.1 Å². The zero-order valence-corrected chi connectivity index (χ0v) is 17.8. The van der Waals surface area contributed by atoms with Crippen LogP contribution in [0.1, 0.15) is 19.4 Å². The highest BCUT2D eigenvalue weighted by Gasteiger charge is 2.32. The Labute approximate surface area is 180 Å². The van der Waals surface area contributed by atoms with Gasteiger partial charge in [0.2, 0.25) is 0 Å². The highest BCUT2D eigenvalue weighted by Crippen LogP contribution is 2.31. The predicted octanol–water partition coefficient (Wildman–Crippen LogP) is 3.24. The van der Waals surface area contributed by atoms with Gasteiger partial charge < -0.3 is 14.4 Å². The van der Waals surface area contributed by atoms with E-state index < -0.39 is 4.92 Å². The lowest BCUT2D eigenvalue weighted by Gasteiger charge is -2.44. The number of ether oxygens (including phenoxy) is 2. The minimum Gasteiger partial charge on any atom is -0.493 e. The number of amides is 1. The van der Waals surface area contributed by atoms with E-state index in [-0.39, 0.29) is 41.9 Å². The summed E-state index contributed by atoms with van der Waals surface area (Å²) in [6.45, 7) is 5.64. The average molecular weight is 431 g/mol. The van der Waals surface area contributed by atoms with Crippen LogP contribution in [0.15, 0.2) is 42.5 Å². The average Bonchev–Trinajstić information content (AvgIpc) is 2.75. The van der Waals surface area contributed by atoms with Crippen LogP contribution in [0, 0.1) is 15.9 Å².